The molecule has 1 aromatic rings. The summed E-state index contributed by atoms with van der Waals surface area (Å²) in [6.07, 6.45) is 0.679. The first-order valence-electron chi connectivity index (χ1n) is 3.84. The minimum Gasteiger partial charge on any atom is -0.748 e. The fourth-order valence-corrected chi connectivity index (χ4v) is 1.70. The van der Waals surface area contributed by atoms with E-state index >= 15 is 0 Å². The zero-order valence-electron chi connectivity index (χ0n) is 8.29. The fourth-order valence-electron chi connectivity index (χ4n) is 1.00. The van der Waals surface area contributed by atoms with E-state index in [0.29, 0.717) is 5.56 Å². The van der Waals surface area contributed by atoms with Gasteiger partial charge in [0, 0.05) is 0 Å². The van der Waals surface area contributed by atoms with Crippen molar-refractivity contribution in [2.45, 2.75) is 6.10 Å². The Morgan fingerprint density at radius 2 is 2.00 bits per heavy atom. The Hall–Kier alpha value is 0.250. The van der Waals surface area contributed by atoms with Gasteiger partial charge in [0.05, 0.1) is 9.05 Å². The second-order valence-corrected chi connectivity index (χ2v) is 4.81. The fraction of sp³-hybridized carbons (Fsp3) is 0.111. The molecule has 2 atom stereocenters. The van der Waals surface area contributed by atoms with Crippen molar-refractivity contribution in [3.8, 4) is 0 Å². The molecule has 0 aromatic heterocycles. The van der Waals surface area contributed by atoms with E-state index in [-0.39, 0.29) is 29.6 Å². The van der Waals surface area contributed by atoms with E-state index in [1.54, 1.807) is 24.3 Å². The van der Waals surface area contributed by atoms with E-state index in [4.69, 9.17) is 0 Å². The molecule has 6 heteroatoms. The summed E-state index contributed by atoms with van der Waals surface area (Å²) in [5, 5.41) is 0. The zero-order chi connectivity index (χ0) is 10.6. The van der Waals surface area contributed by atoms with Crippen LogP contribution < -0.4 is 29.6 Å². The van der Waals surface area contributed by atoms with Crippen molar-refractivity contribution in [2.75, 3.05) is 0 Å². The predicted molar refractivity (Wildman–Crippen MR) is 56.7 cm³/mol. The second kappa shape index (κ2) is 6.75. The Morgan fingerprint density at radius 1 is 1.47 bits per heavy atom. The number of rotatable bonds is 4. The van der Waals surface area contributed by atoms with Crippen LogP contribution in [0.1, 0.15) is 11.7 Å². The molecular formula is C9H9NaO3S2. The van der Waals surface area contributed by atoms with Gasteiger partial charge < -0.3 is 4.55 Å². The van der Waals surface area contributed by atoms with Crippen LogP contribution in [0.2, 0.25) is 0 Å². The number of hydrogen-bond acceptors (Lipinski definition) is 4. The first-order valence-corrected chi connectivity index (χ1v) is 6.18. The molecule has 0 aliphatic carbocycles. The van der Waals surface area contributed by atoms with Crippen molar-refractivity contribution in [1.29, 1.82) is 0 Å². The molecule has 2 unspecified atom stereocenters. The maximum atomic E-state index is 10.7. The summed E-state index contributed by atoms with van der Waals surface area (Å²) in [6, 6.07) is 8.88. The molecule has 1 aromatic carbocycles. The Balaban J connectivity index is 0.00000196. The average molecular weight is 252 g/mol. The summed E-state index contributed by atoms with van der Waals surface area (Å²) >= 11 is 4.13. The molecular weight excluding hydrogens is 243 g/mol. The van der Waals surface area contributed by atoms with Gasteiger partial charge in [0.25, 0.3) is 0 Å². The average Bonchev–Trinajstić information content (AvgIpc) is 2.14. The topological polar surface area (TPSA) is 49.4 Å². The Labute approximate surface area is 117 Å². The van der Waals surface area contributed by atoms with Crippen molar-refractivity contribution >= 4 is 20.2 Å². The summed E-state index contributed by atoms with van der Waals surface area (Å²) in [4.78, 5) is 0. The van der Waals surface area contributed by atoms with E-state index in [1.807, 2.05) is 6.07 Å². The third kappa shape index (κ3) is 5.77. The quantitative estimate of drug-likeness (QED) is 0.495. The Bertz CT molecular complexity index is 403. The number of benzene rings is 1. The molecule has 0 N–H and O–H groups in total. The molecule has 0 heterocycles. The summed E-state index contributed by atoms with van der Waals surface area (Å²) in [5.41, 5.74) is 0.705. The van der Waals surface area contributed by atoms with Crippen LogP contribution in [-0.2, 0) is 24.4 Å². The van der Waals surface area contributed by atoms with Crippen LogP contribution in [0.5, 0.6) is 0 Å². The maximum Gasteiger partial charge on any atom is 1.00 e. The molecule has 0 saturated heterocycles. The first kappa shape index (κ1) is 15.2. The molecule has 0 fully saturated rings. The van der Waals surface area contributed by atoms with Crippen molar-refractivity contribution in [2.24, 2.45) is 0 Å². The van der Waals surface area contributed by atoms with Crippen LogP contribution in [0.4, 0.5) is 0 Å². The van der Waals surface area contributed by atoms with Gasteiger partial charge in [-0.25, -0.2) is 4.21 Å². The third-order valence-corrected chi connectivity index (χ3v) is 2.24. The molecule has 0 spiro atoms. The summed E-state index contributed by atoms with van der Waals surface area (Å²) in [7, 11) is -3.87. The second-order valence-electron chi connectivity index (χ2n) is 2.57. The normalized spacial score (nSPS) is 15.8. The zero-order valence-corrected chi connectivity index (χ0v) is 11.9. The van der Waals surface area contributed by atoms with Crippen molar-refractivity contribution in [1.82, 2.24) is 0 Å². The van der Waals surface area contributed by atoms with Crippen LogP contribution in [-0.4, -0.2) is 8.76 Å². The van der Waals surface area contributed by atoms with Crippen LogP contribution >= 0.6 is 0 Å². The predicted octanol–water partition coefficient (Wildman–Crippen LogP) is -1.27. The van der Waals surface area contributed by atoms with Gasteiger partial charge >= 0.3 is 29.6 Å². The summed E-state index contributed by atoms with van der Waals surface area (Å²) in [6.45, 7) is 3.49. The molecule has 0 aliphatic heterocycles. The monoisotopic (exact) mass is 252 g/mol. The van der Waals surface area contributed by atoms with Crippen molar-refractivity contribution in [3.63, 3.8) is 0 Å². The molecule has 76 valence electrons. The van der Waals surface area contributed by atoms with Gasteiger partial charge in [-0.05, 0) is 16.8 Å². The molecule has 1 rings (SSSR count). The van der Waals surface area contributed by atoms with E-state index in [9.17, 15) is 8.76 Å². The molecule has 0 radical (unpaired) electrons. The molecule has 15 heavy (non-hydrogen) atoms. The SMILES string of the molecule is C=CC(OS(=O)([O-])=S)c1ccccc1.[Na+]. The van der Waals surface area contributed by atoms with E-state index < -0.39 is 15.2 Å². The van der Waals surface area contributed by atoms with E-state index in [1.165, 1.54) is 6.08 Å². The Morgan fingerprint density at radius 3 is 2.40 bits per heavy atom. The molecule has 0 saturated carbocycles. The number of hydrogen-bond donors (Lipinski definition) is 0. The van der Waals surface area contributed by atoms with Gasteiger partial charge in [-0.15, -0.1) is 6.58 Å². The van der Waals surface area contributed by atoms with Gasteiger partial charge in [0.15, 0.2) is 0 Å². The van der Waals surface area contributed by atoms with Crippen LogP contribution in [0.3, 0.4) is 0 Å². The molecule has 0 aliphatic rings. The first-order chi connectivity index (χ1) is 6.53. The minimum atomic E-state index is -3.87. The maximum absolute atomic E-state index is 10.7. The van der Waals surface area contributed by atoms with Crippen molar-refractivity contribution in [3.05, 3.63) is 48.6 Å². The molecule has 0 bridgehead atoms. The van der Waals surface area contributed by atoms with E-state index in [2.05, 4.69) is 22.0 Å². The largest absolute Gasteiger partial charge is 1.00 e. The van der Waals surface area contributed by atoms with Crippen LogP contribution in [0.15, 0.2) is 43.0 Å². The van der Waals surface area contributed by atoms with Crippen LogP contribution in [0.25, 0.3) is 0 Å². The van der Waals surface area contributed by atoms with Gasteiger partial charge in [0.1, 0.15) is 6.10 Å². The minimum absolute atomic E-state index is 0. The van der Waals surface area contributed by atoms with Gasteiger partial charge in [0.2, 0.25) is 0 Å². The van der Waals surface area contributed by atoms with Crippen LogP contribution in [0, 0.1) is 0 Å². The summed E-state index contributed by atoms with van der Waals surface area (Å²) < 4.78 is 26.1. The van der Waals surface area contributed by atoms with Gasteiger partial charge in [-0.1, -0.05) is 36.4 Å². The third-order valence-electron chi connectivity index (χ3n) is 1.56. The summed E-state index contributed by atoms with van der Waals surface area (Å²) in [5.74, 6) is 0. The van der Waals surface area contributed by atoms with E-state index in [0.717, 1.165) is 0 Å². The van der Waals surface area contributed by atoms with Gasteiger partial charge in [-0.3, -0.25) is 4.18 Å². The molecule has 0 amide bonds. The molecule has 3 nitrogen and oxygen atoms in total. The van der Waals surface area contributed by atoms with Crippen molar-refractivity contribution < 1.29 is 42.5 Å². The van der Waals surface area contributed by atoms with Gasteiger partial charge in [-0.2, -0.15) is 0 Å². The Kier molecular flexibility index (Phi) is 6.86. The standard InChI is InChI=1S/C9H10O3S2.Na/c1-2-9(12-14(10,11)13)8-6-4-3-5-7-8;/h2-7,9H,1H2,(H,10,11,13);/q;+1/p-1. The smallest absolute Gasteiger partial charge is 0.748 e.